The van der Waals surface area contributed by atoms with Gasteiger partial charge in [0.1, 0.15) is 11.9 Å². The van der Waals surface area contributed by atoms with Crippen molar-refractivity contribution in [2.24, 2.45) is 11.8 Å². The first kappa shape index (κ1) is 21.9. The predicted octanol–water partition coefficient (Wildman–Crippen LogP) is 6.01. The maximum atomic E-state index is 11.6. The largest absolute Gasteiger partial charge is 0.461 e. The second-order valence-electron chi connectivity index (χ2n) is 7.71. The number of rotatable bonds is 15. The number of cyclic esters (lactones) is 1. The summed E-state index contributed by atoms with van der Waals surface area (Å²) in [6, 6.07) is 0. The molecule has 3 heteroatoms. The van der Waals surface area contributed by atoms with Crippen molar-refractivity contribution in [1.82, 2.24) is 0 Å². The van der Waals surface area contributed by atoms with E-state index >= 15 is 0 Å². The molecule has 0 unspecified atom stereocenters. The molecule has 1 heterocycles. The Kier molecular flexibility index (Phi) is 11.5. The van der Waals surface area contributed by atoms with E-state index in [1.165, 1.54) is 57.8 Å². The zero-order chi connectivity index (χ0) is 18.5. The topological polar surface area (TPSA) is 43.4 Å². The molecule has 1 fully saturated rings. The summed E-state index contributed by atoms with van der Waals surface area (Å²) in [5.74, 6) is 0.435. The van der Waals surface area contributed by atoms with E-state index in [9.17, 15) is 9.59 Å². The van der Waals surface area contributed by atoms with E-state index in [-0.39, 0.29) is 23.9 Å². The summed E-state index contributed by atoms with van der Waals surface area (Å²) in [6.45, 7) is 7.47. The Bertz CT molecular complexity index is 402. The summed E-state index contributed by atoms with van der Waals surface area (Å²) < 4.78 is 5.46. The van der Waals surface area contributed by atoms with Gasteiger partial charge in [0.2, 0.25) is 0 Å². The van der Waals surface area contributed by atoms with Crippen molar-refractivity contribution in [2.75, 3.05) is 0 Å². The Morgan fingerprint density at radius 2 is 1.44 bits per heavy atom. The van der Waals surface area contributed by atoms with Gasteiger partial charge < -0.3 is 9.53 Å². The summed E-state index contributed by atoms with van der Waals surface area (Å²) in [7, 11) is 0. The van der Waals surface area contributed by atoms with Crippen LogP contribution in [-0.4, -0.2) is 17.9 Å². The van der Waals surface area contributed by atoms with Gasteiger partial charge in [-0.2, -0.15) is 0 Å². The summed E-state index contributed by atoms with van der Waals surface area (Å²) in [4.78, 5) is 22.5. The first-order chi connectivity index (χ1) is 12.1. The number of Topliss-reactive ketones (excluding diaryl/α,β-unsaturated/α-hetero) is 1. The fraction of sp³-hybridized carbons (Fsp3) is 0.818. The van der Waals surface area contributed by atoms with Crippen LogP contribution in [0.25, 0.3) is 0 Å². The van der Waals surface area contributed by atoms with Crippen LogP contribution in [-0.2, 0) is 14.3 Å². The van der Waals surface area contributed by atoms with Crippen molar-refractivity contribution >= 4 is 11.8 Å². The lowest BCUT2D eigenvalue weighted by Gasteiger charge is -2.15. The van der Waals surface area contributed by atoms with Crippen molar-refractivity contribution < 1.29 is 14.3 Å². The van der Waals surface area contributed by atoms with E-state index < -0.39 is 0 Å². The molecule has 0 aromatic heterocycles. The van der Waals surface area contributed by atoms with Gasteiger partial charge in [0.25, 0.3) is 0 Å². The monoisotopic (exact) mass is 350 g/mol. The van der Waals surface area contributed by atoms with E-state index in [4.69, 9.17) is 4.74 Å². The molecule has 1 saturated heterocycles. The molecule has 3 nitrogen and oxygen atoms in total. The zero-order valence-corrected chi connectivity index (χ0v) is 16.4. The third-order valence-corrected chi connectivity index (χ3v) is 5.44. The lowest BCUT2D eigenvalue weighted by atomic mass is 9.89. The van der Waals surface area contributed by atoms with E-state index in [1.54, 1.807) is 6.92 Å². The third-order valence-electron chi connectivity index (χ3n) is 5.44. The number of carbonyl (C=O) groups is 2. The Morgan fingerprint density at radius 3 is 1.92 bits per heavy atom. The van der Waals surface area contributed by atoms with Gasteiger partial charge in [0.05, 0.1) is 5.92 Å². The standard InChI is InChI=1S/C22H38O3/c1-4-20-19(3)22(24)25-21(20)17-15-13-11-9-7-5-6-8-10-12-14-16-18(2)23/h4,19-21H,1,5-17H2,2-3H3/t19-,20-,21-/m0/s1. The molecular formula is C22H38O3. The summed E-state index contributed by atoms with van der Waals surface area (Å²) in [5.41, 5.74) is 0. The van der Waals surface area contributed by atoms with Gasteiger partial charge in [-0.1, -0.05) is 70.8 Å². The molecule has 0 aromatic rings. The summed E-state index contributed by atoms with van der Waals surface area (Å²) >= 11 is 0. The third kappa shape index (κ3) is 9.23. The van der Waals surface area contributed by atoms with Gasteiger partial charge >= 0.3 is 5.97 Å². The van der Waals surface area contributed by atoms with Crippen molar-refractivity contribution in [3.63, 3.8) is 0 Å². The highest BCUT2D eigenvalue weighted by molar-refractivity contribution is 5.75. The second kappa shape index (κ2) is 13.1. The SMILES string of the molecule is C=C[C@@H]1[C@H](CCCCCCCCCCCCCC(C)=O)OC(=O)[C@H]1C. The molecule has 0 radical (unpaired) electrons. The van der Waals surface area contributed by atoms with Crippen LogP contribution >= 0.6 is 0 Å². The quantitative estimate of drug-likeness (QED) is 0.206. The molecule has 25 heavy (non-hydrogen) atoms. The molecule has 1 aliphatic rings. The highest BCUT2D eigenvalue weighted by atomic mass is 16.6. The molecule has 0 saturated carbocycles. The van der Waals surface area contributed by atoms with Crippen molar-refractivity contribution in [3.05, 3.63) is 12.7 Å². The Hall–Kier alpha value is -1.12. The lowest BCUT2D eigenvalue weighted by Crippen LogP contribution is -2.16. The zero-order valence-electron chi connectivity index (χ0n) is 16.4. The van der Waals surface area contributed by atoms with E-state index in [1.807, 2.05) is 13.0 Å². The second-order valence-corrected chi connectivity index (χ2v) is 7.71. The Labute approximate surface area is 154 Å². The van der Waals surface area contributed by atoms with Crippen LogP contribution in [0, 0.1) is 11.8 Å². The molecular weight excluding hydrogens is 312 g/mol. The van der Waals surface area contributed by atoms with Gasteiger partial charge in [-0.15, -0.1) is 6.58 Å². The van der Waals surface area contributed by atoms with Gasteiger partial charge in [-0.05, 0) is 26.2 Å². The minimum Gasteiger partial charge on any atom is -0.461 e. The average molecular weight is 351 g/mol. The first-order valence-electron chi connectivity index (χ1n) is 10.4. The molecule has 0 N–H and O–H groups in total. The van der Waals surface area contributed by atoms with Crippen molar-refractivity contribution in [3.8, 4) is 0 Å². The molecule has 0 amide bonds. The van der Waals surface area contributed by atoms with Crippen LogP contribution in [0.5, 0.6) is 0 Å². The number of carbonyl (C=O) groups excluding carboxylic acids is 2. The molecule has 1 rings (SSSR count). The maximum absolute atomic E-state index is 11.6. The molecule has 0 aromatic carbocycles. The number of ketones is 1. The van der Waals surface area contributed by atoms with Crippen LogP contribution in [0.3, 0.4) is 0 Å². The van der Waals surface area contributed by atoms with E-state index in [2.05, 4.69) is 6.58 Å². The number of ether oxygens (including phenoxy) is 1. The normalized spacial score (nSPS) is 22.8. The smallest absolute Gasteiger partial charge is 0.309 e. The molecule has 0 aliphatic carbocycles. The minimum atomic E-state index is -0.0591. The van der Waals surface area contributed by atoms with Crippen LogP contribution in [0.2, 0.25) is 0 Å². The molecule has 0 bridgehead atoms. The van der Waals surface area contributed by atoms with Crippen LogP contribution in [0.15, 0.2) is 12.7 Å². The first-order valence-corrected chi connectivity index (χ1v) is 10.4. The highest BCUT2D eigenvalue weighted by Crippen LogP contribution is 2.32. The number of esters is 1. The number of unbranched alkanes of at least 4 members (excludes halogenated alkanes) is 10. The Balaban J connectivity index is 1.87. The van der Waals surface area contributed by atoms with Crippen molar-refractivity contribution in [2.45, 2.75) is 103 Å². The van der Waals surface area contributed by atoms with Gasteiger partial charge in [-0.25, -0.2) is 0 Å². The molecule has 0 spiro atoms. The molecule has 1 aliphatic heterocycles. The number of hydrogen-bond acceptors (Lipinski definition) is 3. The minimum absolute atomic E-state index is 0.0232. The van der Waals surface area contributed by atoms with Gasteiger partial charge in [0.15, 0.2) is 0 Å². The Morgan fingerprint density at radius 1 is 0.960 bits per heavy atom. The predicted molar refractivity (Wildman–Crippen MR) is 103 cm³/mol. The van der Waals surface area contributed by atoms with Crippen molar-refractivity contribution in [1.29, 1.82) is 0 Å². The van der Waals surface area contributed by atoms with Crippen LogP contribution in [0.4, 0.5) is 0 Å². The van der Waals surface area contributed by atoms with Gasteiger partial charge in [0, 0.05) is 12.3 Å². The highest BCUT2D eigenvalue weighted by Gasteiger charge is 2.39. The van der Waals surface area contributed by atoms with E-state index in [0.29, 0.717) is 5.78 Å². The van der Waals surface area contributed by atoms with Crippen LogP contribution in [0.1, 0.15) is 97.3 Å². The summed E-state index contributed by atoms with van der Waals surface area (Å²) in [6.07, 6.45) is 17.5. The van der Waals surface area contributed by atoms with Gasteiger partial charge in [-0.3, -0.25) is 4.79 Å². The average Bonchev–Trinajstić information content (AvgIpc) is 2.85. The maximum Gasteiger partial charge on any atom is 0.309 e. The summed E-state index contributed by atoms with van der Waals surface area (Å²) in [5, 5.41) is 0. The lowest BCUT2D eigenvalue weighted by molar-refractivity contribution is -0.144. The number of hydrogen-bond donors (Lipinski definition) is 0. The fourth-order valence-corrected chi connectivity index (χ4v) is 3.73. The molecule has 144 valence electrons. The molecule has 3 atom stereocenters. The fourth-order valence-electron chi connectivity index (χ4n) is 3.73. The van der Waals surface area contributed by atoms with Crippen LogP contribution < -0.4 is 0 Å². The van der Waals surface area contributed by atoms with E-state index in [0.717, 1.165) is 25.7 Å².